The van der Waals surface area contributed by atoms with Crippen molar-refractivity contribution < 1.29 is 32.3 Å². The van der Waals surface area contributed by atoms with Crippen molar-refractivity contribution in [3.05, 3.63) is 98.1 Å². The largest absolute Gasteiger partial charge is 0.399 e. The van der Waals surface area contributed by atoms with E-state index in [1.807, 2.05) is 40.7 Å². The van der Waals surface area contributed by atoms with Crippen LogP contribution in [0.25, 0.3) is 0 Å². The molecular weight excluding hydrogens is 521 g/mol. The van der Waals surface area contributed by atoms with Gasteiger partial charge in [-0.2, -0.15) is 13.2 Å². The van der Waals surface area contributed by atoms with E-state index in [2.05, 4.69) is 5.32 Å². The number of fused-ring (bicyclic) bond motifs is 2. The van der Waals surface area contributed by atoms with Crippen LogP contribution in [0.2, 0.25) is 0 Å². The maximum Gasteiger partial charge on any atom is 0.399 e. The van der Waals surface area contributed by atoms with Gasteiger partial charge in [-0.05, 0) is 83.8 Å². The van der Waals surface area contributed by atoms with Crippen molar-refractivity contribution in [2.45, 2.75) is 59.1 Å². The van der Waals surface area contributed by atoms with Gasteiger partial charge in [-0.25, -0.2) is 4.90 Å². The number of carbonyl (C=O) groups excluding carboxylic acids is 4. The molecule has 2 heterocycles. The molecule has 4 amide bonds. The molecule has 6 nitrogen and oxygen atoms in total. The van der Waals surface area contributed by atoms with Gasteiger partial charge < -0.3 is 0 Å². The topological polar surface area (TPSA) is 83.6 Å². The summed E-state index contributed by atoms with van der Waals surface area (Å²) in [4.78, 5) is 52.2. The third-order valence-electron chi connectivity index (χ3n) is 7.57. The highest BCUT2D eigenvalue weighted by Gasteiger charge is 2.45. The van der Waals surface area contributed by atoms with E-state index in [1.54, 1.807) is 6.92 Å². The molecule has 1 atom stereocenters. The van der Waals surface area contributed by atoms with Crippen LogP contribution in [0, 0.1) is 20.8 Å². The predicted molar refractivity (Wildman–Crippen MR) is 143 cm³/mol. The molecule has 0 saturated carbocycles. The second-order valence-corrected chi connectivity index (χ2v) is 11.4. The summed E-state index contributed by atoms with van der Waals surface area (Å²) in [6.45, 7) is 11.7. The minimum atomic E-state index is -4.79. The monoisotopic (exact) mass is 548 g/mol. The lowest BCUT2D eigenvalue weighted by molar-refractivity contribution is -0.141. The maximum atomic E-state index is 14.5. The number of halogens is 3. The van der Waals surface area contributed by atoms with Crippen LogP contribution in [0.4, 0.5) is 18.9 Å². The van der Waals surface area contributed by atoms with Gasteiger partial charge in [-0.1, -0.05) is 39.0 Å². The van der Waals surface area contributed by atoms with E-state index in [-0.39, 0.29) is 38.8 Å². The molecule has 0 radical (unpaired) electrons. The SMILES string of the molecule is Cc1cc(C)c(C(C)(C)C)c(C)c1N1C(=O)c2ccc([C@@H](c3ccc4c(c3)C(=O)NC4=O)C(F)(F)F)cc2C1=O. The number of nitrogens with zero attached hydrogens (tertiary/aromatic N) is 1. The fraction of sp³-hybridized carbons (Fsp3) is 0.290. The number of aryl methyl sites for hydroxylation is 2. The summed E-state index contributed by atoms with van der Waals surface area (Å²) in [5, 5.41) is 2.07. The van der Waals surface area contributed by atoms with Crippen molar-refractivity contribution in [3.8, 4) is 0 Å². The number of carbonyl (C=O) groups is 4. The van der Waals surface area contributed by atoms with Gasteiger partial charge in [0.25, 0.3) is 23.6 Å². The Hall–Kier alpha value is -4.27. The first-order valence-electron chi connectivity index (χ1n) is 12.7. The number of anilines is 1. The smallest absolute Gasteiger partial charge is 0.288 e. The van der Waals surface area contributed by atoms with Crippen LogP contribution in [0.5, 0.6) is 0 Å². The molecule has 5 rings (SSSR count). The first-order valence-corrected chi connectivity index (χ1v) is 12.7. The van der Waals surface area contributed by atoms with E-state index in [0.29, 0.717) is 11.3 Å². The van der Waals surface area contributed by atoms with Crippen LogP contribution >= 0.6 is 0 Å². The highest BCUT2D eigenvalue weighted by atomic mass is 19.4. The number of alkyl halides is 3. The number of amides is 4. The molecule has 0 aromatic heterocycles. The molecule has 0 spiro atoms. The van der Waals surface area contributed by atoms with E-state index in [0.717, 1.165) is 39.8 Å². The summed E-state index contributed by atoms with van der Waals surface area (Å²) in [5.41, 5.74) is 2.86. The molecule has 206 valence electrons. The van der Waals surface area contributed by atoms with E-state index in [4.69, 9.17) is 0 Å². The average Bonchev–Trinajstić information content (AvgIpc) is 3.24. The number of imide groups is 2. The number of hydrogen-bond donors (Lipinski definition) is 1. The third-order valence-corrected chi connectivity index (χ3v) is 7.57. The van der Waals surface area contributed by atoms with Crippen molar-refractivity contribution >= 4 is 29.3 Å². The van der Waals surface area contributed by atoms with Crippen LogP contribution in [0.3, 0.4) is 0 Å². The lowest BCUT2D eigenvalue weighted by atomic mass is 9.79. The second kappa shape index (κ2) is 8.87. The van der Waals surface area contributed by atoms with Gasteiger partial charge in [-0.3, -0.25) is 24.5 Å². The molecule has 0 saturated heterocycles. The Morgan fingerprint density at radius 2 is 1.23 bits per heavy atom. The highest BCUT2D eigenvalue weighted by molar-refractivity contribution is 6.35. The van der Waals surface area contributed by atoms with Crippen LogP contribution in [-0.4, -0.2) is 29.8 Å². The zero-order valence-electron chi connectivity index (χ0n) is 22.8. The lowest BCUT2D eigenvalue weighted by Gasteiger charge is -2.29. The van der Waals surface area contributed by atoms with E-state index >= 15 is 0 Å². The van der Waals surface area contributed by atoms with Crippen molar-refractivity contribution in [3.63, 3.8) is 0 Å². The molecule has 40 heavy (non-hydrogen) atoms. The first-order chi connectivity index (χ1) is 18.5. The maximum absolute atomic E-state index is 14.5. The zero-order chi connectivity index (χ0) is 29.5. The van der Waals surface area contributed by atoms with Crippen LogP contribution in [0.1, 0.15) is 102 Å². The molecule has 2 aliphatic heterocycles. The number of hydrogen-bond acceptors (Lipinski definition) is 4. The molecule has 2 aliphatic rings. The minimum Gasteiger partial charge on any atom is -0.288 e. The van der Waals surface area contributed by atoms with Crippen molar-refractivity contribution in [2.24, 2.45) is 0 Å². The normalized spacial score (nSPS) is 15.9. The van der Waals surface area contributed by atoms with Gasteiger partial charge in [0.1, 0.15) is 5.92 Å². The molecule has 0 bridgehead atoms. The Morgan fingerprint density at radius 1 is 0.700 bits per heavy atom. The Bertz CT molecular complexity index is 1660. The molecule has 3 aromatic rings. The number of benzene rings is 3. The summed E-state index contributed by atoms with van der Waals surface area (Å²) in [6.07, 6.45) is -4.79. The molecule has 0 aliphatic carbocycles. The summed E-state index contributed by atoms with van der Waals surface area (Å²) in [7, 11) is 0. The van der Waals surface area contributed by atoms with Crippen molar-refractivity contribution in [2.75, 3.05) is 4.90 Å². The summed E-state index contributed by atoms with van der Waals surface area (Å²) >= 11 is 0. The van der Waals surface area contributed by atoms with E-state index in [9.17, 15) is 32.3 Å². The molecule has 1 N–H and O–H groups in total. The molecule has 0 fully saturated rings. The van der Waals surface area contributed by atoms with E-state index < -0.39 is 35.7 Å². The summed E-state index contributed by atoms with van der Waals surface area (Å²) < 4.78 is 43.4. The van der Waals surface area contributed by atoms with E-state index in [1.165, 1.54) is 18.2 Å². The average molecular weight is 549 g/mol. The minimum absolute atomic E-state index is 0.00138. The molecule has 3 aromatic carbocycles. The Morgan fingerprint density at radius 3 is 1.80 bits per heavy atom. The van der Waals surface area contributed by atoms with Crippen molar-refractivity contribution in [1.29, 1.82) is 0 Å². The zero-order valence-corrected chi connectivity index (χ0v) is 22.8. The summed E-state index contributed by atoms with van der Waals surface area (Å²) in [5.74, 6) is -4.94. The van der Waals surface area contributed by atoms with Crippen LogP contribution in [0.15, 0.2) is 42.5 Å². The fourth-order valence-corrected chi connectivity index (χ4v) is 6.25. The molecular formula is C31H27F3N2O4. The molecule has 9 heteroatoms. The Labute approximate surface area is 229 Å². The lowest BCUT2D eigenvalue weighted by Crippen LogP contribution is -2.32. The van der Waals surface area contributed by atoms with Gasteiger partial charge in [-0.15, -0.1) is 0 Å². The van der Waals surface area contributed by atoms with Gasteiger partial charge in [0, 0.05) is 0 Å². The highest BCUT2D eigenvalue weighted by Crippen LogP contribution is 2.44. The first kappa shape index (κ1) is 27.3. The molecule has 0 unspecified atom stereocenters. The fourth-order valence-electron chi connectivity index (χ4n) is 6.25. The van der Waals surface area contributed by atoms with Gasteiger partial charge in [0.2, 0.25) is 0 Å². The number of nitrogens with one attached hydrogen (secondary N) is 1. The van der Waals surface area contributed by atoms with Gasteiger partial charge in [0.15, 0.2) is 0 Å². The predicted octanol–water partition coefficient (Wildman–Crippen LogP) is 6.29. The van der Waals surface area contributed by atoms with Gasteiger partial charge >= 0.3 is 6.18 Å². The summed E-state index contributed by atoms with van der Waals surface area (Å²) in [6, 6.07) is 8.82. The van der Waals surface area contributed by atoms with Crippen LogP contribution < -0.4 is 10.2 Å². The Kier molecular flexibility index (Phi) is 6.06. The quantitative estimate of drug-likeness (QED) is 0.390. The van der Waals surface area contributed by atoms with Crippen LogP contribution in [-0.2, 0) is 5.41 Å². The second-order valence-electron chi connectivity index (χ2n) is 11.4. The standard InChI is InChI=1S/C31H27F3N2O4/c1-14-11-15(2)25(16(3)23(14)30(4,5)6)36-28(39)20-10-8-18(13-22(20)29(36)40)24(31(32,33)34)17-7-9-19-21(12-17)27(38)35-26(19)37/h7-13,24H,1-6H3,(H,35,37,38)/t24-/m1/s1. The Balaban J connectivity index is 1.62. The van der Waals surface area contributed by atoms with Crippen molar-refractivity contribution in [1.82, 2.24) is 5.32 Å². The third kappa shape index (κ3) is 4.11. The number of rotatable bonds is 3. The van der Waals surface area contributed by atoms with Gasteiger partial charge in [0.05, 0.1) is 27.9 Å².